The maximum atomic E-state index is 14.4. The van der Waals surface area contributed by atoms with E-state index in [1.54, 1.807) is 13.0 Å². The molecule has 7 heteroatoms. The van der Waals surface area contributed by atoms with Gasteiger partial charge < -0.3 is 9.73 Å². The highest BCUT2D eigenvalue weighted by molar-refractivity contribution is 5.80. The number of aromatic nitrogens is 3. The van der Waals surface area contributed by atoms with Crippen LogP contribution in [0.1, 0.15) is 31.2 Å². The van der Waals surface area contributed by atoms with Crippen molar-refractivity contribution in [3.63, 3.8) is 0 Å². The summed E-state index contributed by atoms with van der Waals surface area (Å²) in [6.07, 6.45) is 5.99. The van der Waals surface area contributed by atoms with Gasteiger partial charge in [-0.2, -0.15) is 0 Å². The topological polar surface area (TPSA) is 72.4 Å². The molecule has 1 aliphatic rings. The molecule has 4 heterocycles. The minimum atomic E-state index is -0.500. The van der Waals surface area contributed by atoms with Crippen molar-refractivity contribution in [1.82, 2.24) is 19.7 Å². The standard InChI is InChI=1S/C23H21FN4O2/c1-3-17-8-14(6-7-25-17)15-4-5-21-27-19(11-22(29)28(21)12-15)16-9-18(24)23-20(10-16)30-13(2)26-23/h4-6,9-12,17,25H,3,7-8H2,1-2H3. The number of hydrogen-bond donors (Lipinski definition) is 1. The second kappa shape index (κ2) is 7.18. The minimum Gasteiger partial charge on any atom is -0.441 e. The number of nitrogens with one attached hydrogen (secondary N) is 1. The van der Waals surface area contributed by atoms with E-state index < -0.39 is 5.82 Å². The van der Waals surface area contributed by atoms with E-state index in [0.29, 0.717) is 34.4 Å². The second-order valence-electron chi connectivity index (χ2n) is 7.61. The van der Waals surface area contributed by atoms with Crippen molar-refractivity contribution in [2.45, 2.75) is 32.7 Å². The van der Waals surface area contributed by atoms with Crippen LogP contribution in [0.3, 0.4) is 0 Å². The van der Waals surface area contributed by atoms with Crippen LogP contribution in [0.4, 0.5) is 4.39 Å². The molecule has 30 heavy (non-hydrogen) atoms. The van der Waals surface area contributed by atoms with Gasteiger partial charge in [0, 0.05) is 37.3 Å². The Hall–Kier alpha value is -3.32. The van der Waals surface area contributed by atoms with Gasteiger partial charge in [0.2, 0.25) is 0 Å². The molecule has 0 saturated carbocycles. The van der Waals surface area contributed by atoms with Gasteiger partial charge in [0.15, 0.2) is 17.3 Å². The molecule has 0 aliphatic carbocycles. The zero-order valence-electron chi connectivity index (χ0n) is 16.8. The first-order valence-electron chi connectivity index (χ1n) is 10.0. The largest absolute Gasteiger partial charge is 0.441 e. The van der Waals surface area contributed by atoms with Gasteiger partial charge >= 0.3 is 0 Å². The van der Waals surface area contributed by atoms with E-state index in [9.17, 15) is 9.18 Å². The number of oxazole rings is 1. The fourth-order valence-corrected chi connectivity index (χ4v) is 3.98. The predicted molar refractivity (Wildman–Crippen MR) is 114 cm³/mol. The lowest BCUT2D eigenvalue weighted by molar-refractivity contribution is 0.521. The molecule has 0 radical (unpaired) electrons. The van der Waals surface area contributed by atoms with E-state index >= 15 is 0 Å². The average molecular weight is 404 g/mol. The fourth-order valence-electron chi connectivity index (χ4n) is 3.98. The number of hydrogen-bond acceptors (Lipinski definition) is 5. The average Bonchev–Trinajstić information content (AvgIpc) is 3.14. The molecule has 4 aromatic rings. The number of halogens is 1. The SMILES string of the molecule is CCC1CC(c2ccc3nc(-c4cc(F)c5nc(C)oc5c4)cc(=O)n3c2)=CCN1. The monoisotopic (exact) mass is 404 g/mol. The molecule has 0 amide bonds. The molecule has 0 fully saturated rings. The number of rotatable bonds is 3. The van der Waals surface area contributed by atoms with Crippen molar-refractivity contribution in [3.8, 4) is 11.3 Å². The van der Waals surface area contributed by atoms with Gasteiger partial charge in [-0.1, -0.05) is 13.0 Å². The summed E-state index contributed by atoms with van der Waals surface area (Å²) in [5.74, 6) is -0.113. The highest BCUT2D eigenvalue weighted by Crippen LogP contribution is 2.27. The van der Waals surface area contributed by atoms with Crippen LogP contribution in [0.2, 0.25) is 0 Å². The van der Waals surface area contributed by atoms with Crippen LogP contribution in [-0.2, 0) is 0 Å². The third kappa shape index (κ3) is 3.21. The Morgan fingerprint density at radius 3 is 2.93 bits per heavy atom. The van der Waals surface area contributed by atoms with Gasteiger partial charge in [-0.25, -0.2) is 14.4 Å². The molecule has 1 aromatic carbocycles. The molecule has 1 aliphatic heterocycles. The number of benzene rings is 1. The van der Waals surface area contributed by atoms with Crippen LogP contribution in [0, 0.1) is 12.7 Å². The van der Waals surface area contributed by atoms with Crippen molar-refractivity contribution in [2.75, 3.05) is 6.54 Å². The van der Waals surface area contributed by atoms with Gasteiger partial charge in [-0.3, -0.25) is 9.20 Å². The van der Waals surface area contributed by atoms with Crippen LogP contribution in [0.25, 0.3) is 33.6 Å². The lowest BCUT2D eigenvalue weighted by Gasteiger charge is -2.23. The lowest BCUT2D eigenvalue weighted by atomic mass is 9.95. The van der Waals surface area contributed by atoms with Gasteiger partial charge in [-0.05, 0) is 48.2 Å². The normalized spacial score (nSPS) is 16.9. The van der Waals surface area contributed by atoms with Gasteiger partial charge in [0.25, 0.3) is 5.56 Å². The molecular weight excluding hydrogens is 383 g/mol. The van der Waals surface area contributed by atoms with Crippen molar-refractivity contribution in [2.24, 2.45) is 0 Å². The lowest BCUT2D eigenvalue weighted by Crippen LogP contribution is -2.32. The molecule has 3 aromatic heterocycles. The van der Waals surface area contributed by atoms with E-state index in [1.165, 1.54) is 22.1 Å². The van der Waals surface area contributed by atoms with E-state index in [1.807, 2.05) is 18.3 Å². The highest BCUT2D eigenvalue weighted by Gasteiger charge is 2.16. The maximum Gasteiger partial charge on any atom is 0.258 e. The van der Waals surface area contributed by atoms with E-state index in [4.69, 9.17) is 4.42 Å². The van der Waals surface area contributed by atoms with Gasteiger partial charge in [0.1, 0.15) is 11.2 Å². The number of fused-ring (bicyclic) bond motifs is 2. The van der Waals surface area contributed by atoms with Gasteiger partial charge in [-0.15, -0.1) is 0 Å². The van der Waals surface area contributed by atoms with E-state index in [-0.39, 0.29) is 11.1 Å². The maximum absolute atomic E-state index is 14.4. The summed E-state index contributed by atoms with van der Waals surface area (Å²) in [5.41, 5.74) is 3.93. The molecule has 152 valence electrons. The summed E-state index contributed by atoms with van der Waals surface area (Å²) in [6.45, 7) is 4.65. The Bertz CT molecular complexity index is 1370. The molecule has 6 nitrogen and oxygen atoms in total. The summed E-state index contributed by atoms with van der Waals surface area (Å²) >= 11 is 0. The quantitative estimate of drug-likeness (QED) is 0.556. The van der Waals surface area contributed by atoms with Crippen molar-refractivity contribution >= 4 is 22.3 Å². The zero-order valence-corrected chi connectivity index (χ0v) is 16.8. The zero-order chi connectivity index (χ0) is 20.8. The Morgan fingerprint density at radius 1 is 1.23 bits per heavy atom. The van der Waals surface area contributed by atoms with Crippen LogP contribution < -0.4 is 10.9 Å². The second-order valence-corrected chi connectivity index (χ2v) is 7.61. The fraction of sp³-hybridized carbons (Fsp3) is 0.261. The summed E-state index contributed by atoms with van der Waals surface area (Å²) in [7, 11) is 0. The van der Waals surface area contributed by atoms with Gasteiger partial charge in [0.05, 0.1) is 5.69 Å². The summed E-state index contributed by atoms with van der Waals surface area (Å²) in [6, 6.07) is 8.68. The van der Waals surface area contributed by atoms with Crippen LogP contribution in [0.5, 0.6) is 0 Å². The summed E-state index contributed by atoms with van der Waals surface area (Å²) in [4.78, 5) is 21.5. The molecule has 0 spiro atoms. The Morgan fingerprint density at radius 2 is 2.10 bits per heavy atom. The molecule has 1 atom stereocenters. The first kappa shape index (κ1) is 18.7. The molecular formula is C23H21FN4O2. The third-order valence-electron chi connectivity index (χ3n) is 5.60. The summed E-state index contributed by atoms with van der Waals surface area (Å²) < 4.78 is 21.4. The van der Waals surface area contributed by atoms with Crippen LogP contribution in [0.15, 0.2) is 51.8 Å². The van der Waals surface area contributed by atoms with Crippen molar-refractivity contribution in [3.05, 3.63) is 70.2 Å². The molecule has 1 unspecified atom stereocenters. The smallest absolute Gasteiger partial charge is 0.258 e. The van der Waals surface area contributed by atoms with E-state index in [2.05, 4.69) is 28.3 Å². The highest BCUT2D eigenvalue weighted by atomic mass is 19.1. The third-order valence-corrected chi connectivity index (χ3v) is 5.60. The van der Waals surface area contributed by atoms with Crippen LogP contribution >= 0.6 is 0 Å². The molecule has 1 N–H and O–H groups in total. The van der Waals surface area contributed by atoms with Crippen molar-refractivity contribution in [1.29, 1.82) is 0 Å². The van der Waals surface area contributed by atoms with E-state index in [0.717, 1.165) is 24.9 Å². The summed E-state index contributed by atoms with van der Waals surface area (Å²) in [5, 5.41) is 3.46. The Kier molecular flexibility index (Phi) is 4.47. The van der Waals surface area contributed by atoms with Crippen molar-refractivity contribution < 1.29 is 8.81 Å². The predicted octanol–water partition coefficient (Wildman–Crippen LogP) is 4.11. The first-order valence-corrected chi connectivity index (χ1v) is 10.0. The minimum absolute atomic E-state index is 0.180. The number of aryl methyl sites for hydroxylation is 1. The number of nitrogens with zero attached hydrogens (tertiary/aromatic N) is 3. The number of pyridine rings is 1. The molecule has 0 saturated heterocycles. The van der Waals surface area contributed by atoms with Crippen LogP contribution in [-0.4, -0.2) is 27.0 Å². The molecule has 5 rings (SSSR count). The Labute approximate surface area is 172 Å². The Balaban J connectivity index is 1.58. The molecule has 0 bridgehead atoms. The first-order chi connectivity index (χ1) is 14.5.